The molecule has 0 aliphatic heterocycles. The van der Waals surface area contributed by atoms with Crippen LogP contribution in [0.1, 0.15) is 26.7 Å². The van der Waals surface area contributed by atoms with E-state index in [1.165, 1.54) is 0 Å². The molecule has 0 atom stereocenters. The van der Waals surface area contributed by atoms with Crippen molar-refractivity contribution in [2.24, 2.45) is 5.92 Å². The van der Waals surface area contributed by atoms with Crippen molar-refractivity contribution >= 4 is 16.1 Å². The average Bonchev–Trinajstić information content (AvgIpc) is 2.45. The van der Waals surface area contributed by atoms with E-state index in [1.54, 1.807) is 0 Å². The summed E-state index contributed by atoms with van der Waals surface area (Å²) in [5, 5.41) is 11.9. The molecule has 0 fully saturated rings. The van der Waals surface area contributed by atoms with Crippen molar-refractivity contribution in [2.75, 3.05) is 58.6 Å². The first kappa shape index (κ1) is 23.3. The quantitative estimate of drug-likeness (QED) is 0.278. The van der Waals surface area contributed by atoms with Crippen molar-refractivity contribution in [3.05, 3.63) is 0 Å². The Labute approximate surface area is 146 Å². The molecule has 0 aromatic carbocycles. The second kappa shape index (κ2) is 12.6. The number of hydrogen-bond acceptors (Lipinski definition) is 6. The van der Waals surface area contributed by atoms with Gasteiger partial charge in [0.25, 0.3) is 10.1 Å². The molecule has 3 N–H and O–H groups in total. The Morgan fingerprint density at radius 3 is 2.25 bits per heavy atom. The van der Waals surface area contributed by atoms with E-state index in [1.807, 2.05) is 16.8 Å². The topological polar surface area (TPSA) is 110 Å². The van der Waals surface area contributed by atoms with E-state index in [0.29, 0.717) is 25.6 Å². The number of hydrogen-bond donors (Lipinski definition) is 3. The number of carboxylic acids is 1. The first-order valence-electron chi connectivity index (χ1n) is 8.38. The standard InChI is InChI=1S/C15H33N3O5S/c1-14(2)4-9-18(12-13-24(21,22)23)11-7-16-6-10-17(3)8-5-15(19)20/h14,16H,4-13H2,1-3H3,(H,19,20)(H,21,22,23). The summed E-state index contributed by atoms with van der Waals surface area (Å²) in [6.07, 6.45) is 1.11. The minimum absolute atomic E-state index is 0.134. The Hall–Kier alpha value is -0.740. The number of aliphatic carboxylic acids is 1. The lowest BCUT2D eigenvalue weighted by molar-refractivity contribution is -0.137. The molecule has 8 nitrogen and oxygen atoms in total. The molecule has 0 aromatic heterocycles. The smallest absolute Gasteiger partial charge is 0.304 e. The number of likely N-dealkylation sites (N-methyl/N-ethyl adjacent to an activating group) is 1. The molecule has 0 aromatic rings. The molecule has 9 heteroatoms. The molecule has 0 rings (SSSR count). The third kappa shape index (κ3) is 16.1. The lowest BCUT2D eigenvalue weighted by Gasteiger charge is -2.23. The third-order valence-corrected chi connectivity index (χ3v) is 4.37. The van der Waals surface area contributed by atoms with Gasteiger partial charge in [-0.15, -0.1) is 0 Å². The Morgan fingerprint density at radius 1 is 1.08 bits per heavy atom. The predicted molar refractivity (Wildman–Crippen MR) is 94.9 cm³/mol. The van der Waals surface area contributed by atoms with Crippen LogP contribution >= 0.6 is 0 Å². The van der Waals surface area contributed by atoms with Crippen molar-refractivity contribution in [1.29, 1.82) is 0 Å². The van der Waals surface area contributed by atoms with Crippen LogP contribution in [0.5, 0.6) is 0 Å². The van der Waals surface area contributed by atoms with Gasteiger partial charge in [0.05, 0.1) is 12.2 Å². The van der Waals surface area contributed by atoms with Crippen LogP contribution in [-0.4, -0.2) is 92.5 Å². The zero-order valence-electron chi connectivity index (χ0n) is 15.1. The van der Waals surface area contributed by atoms with E-state index in [-0.39, 0.29) is 12.2 Å². The van der Waals surface area contributed by atoms with Gasteiger partial charge in [-0.1, -0.05) is 13.8 Å². The molecule has 0 aliphatic rings. The highest BCUT2D eigenvalue weighted by atomic mass is 32.2. The molecule has 144 valence electrons. The normalized spacial score (nSPS) is 12.5. The van der Waals surface area contributed by atoms with Gasteiger partial charge in [0.2, 0.25) is 0 Å². The molecule has 0 spiro atoms. The van der Waals surface area contributed by atoms with Gasteiger partial charge in [0.15, 0.2) is 0 Å². The van der Waals surface area contributed by atoms with Gasteiger partial charge in [0.1, 0.15) is 0 Å². The first-order chi connectivity index (χ1) is 11.1. The number of carboxylic acid groups (broad SMARTS) is 1. The molecule has 0 saturated heterocycles. The molecule has 0 heterocycles. The van der Waals surface area contributed by atoms with E-state index >= 15 is 0 Å². The van der Waals surface area contributed by atoms with E-state index < -0.39 is 16.1 Å². The minimum atomic E-state index is -3.93. The minimum Gasteiger partial charge on any atom is -0.481 e. The van der Waals surface area contributed by atoms with Crippen LogP contribution in [0.25, 0.3) is 0 Å². The highest BCUT2D eigenvalue weighted by molar-refractivity contribution is 7.85. The fraction of sp³-hybridized carbons (Fsp3) is 0.933. The van der Waals surface area contributed by atoms with Gasteiger partial charge >= 0.3 is 5.97 Å². The summed E-state index contributed by atoms with van der Waals surface area (Å²) in [4.78, 5) is 14.5. The summed E-state index contributed by atoms with van der Waals surface area (Å²) in [5.74, 6) is -0.508. The molecule has 0 saturated carbocycles. The second-order valence-electron chi connectivity index (χ2n) is 6.51. The van der Waals surface area contributed by atoms with Crippen LogP contribution < -0.4 is 5.32 Å². The van der Waals surface area contributed by atoms with Gasteiger partial charge in [-0.05, 0) is 25.9 Å². The van der Waals surface area contributed by atoms with Gasteiger partial charge in [-0.2, -0.15) is 8.42 Å². The number of carbonyl (C=O) groups is 1. The van der Waals surface area contributed by atoms with E-state index in [0.717, 1.165) is 32.6 Å². The SMILES string of the molecule is CC(C)CCN(CCNCCN(C)CCC(=O)O)CCS(=O)(=O)O. The van der Waals surface area contributed by atoms with Gasteiger partial charge < -0.3 is 20.2 Å². The predicted octanol–water partition coefficient (Wildman–Crippen LogP) is 0.218. The molecular formula is C15H33N3O5S. The molecule has 0 aliphatic carbocycles. The fourth-order valence-electron chi connectivity index (χ4n) is 2.05. The molecule has 24 heavy (non-hydrogen) atoms. The van der Waals surface area contributed by atoms with Crippen molar-refractivity contribution in [3.63, 3.8) is 0 Å². The van der Waals surface area contributed by atoms with Crippen molar-refractivity contribution in [1.82, 2.24) is 15.1 Å². The molecule has 0 radical (unpaired) electrons. The molecule has 0 bridgehead atoms. The monoisotopic (exact) mass is 367 g/mol. The molecule has 0 amide bonds. The number of nitrogens with zero attached hydrogens (tertiary/aromatic N) is 2. The first-order valence-corrected chi connectivity index (χ1v) is 9.99. The zero-order chi connectivity index (χ0) is 18.6. The van der Waals surface area contributed by atoms with Crippen LogP contribution in [0, 0.1) is 5.92 Å². The van der Waals surface area contributed by atoms with Crippen LogP contribution in [-0.2, 0) is 14.9 Å². The summed E-state index contributed by atoms with van der Waals surface area (Å²) < 4.78 is 30.7. The second-order valence-corrected chi connectivity index (χ2v) is 8.08. The number of rotatable bonds is 15. The third-order valence-electron chi connectivity index (χ3n) is 3.67. The Morgan fingerprint density at radius 2 is 1.71 bits per heavy atom. The van der Waals surface area contributed by atoms with Crippen LogP contribution in [0.2, 0.25) is 0 Å². The molecule has 0 unspecified atom stereocenters. The molecular weight excluding hydrogens is 334 g/mol. The summed E-state index contributed by atoms with van der Waals surface area (Å²) in [6, 6.07) is 0. The maximum atomic E-state index is 10.9. The lowest BCUT2D eigenvalue weighted by atomic mass is 10.1. The highest BCUT2D eigenvalue weighted by Gasteiger charge is 2.11. The Balaban J connectivity index is 3.97. The van der Waals surface area contributed by atoms with E-state index in [2.05, 4.69) is 19.2 Å². The van der Waals surface area contributed by atoms with Crippen molar-refractivity contribution in [2.45, 2.75) is 26.7 Å². The largest absolute Gasteiger partial charge is 0.481 e. The summed E-state index contributed by atoms with van der Waals surface area (Å²) in [6.45, 7) is 8.80. The van der Waals surface area contributed by atoms with Crippen molar-refractivity contribution in [3.8, 4) is 0 Å². The van der Waals surface area contributed by atoms with Crippen LogP contribution in [0.3, 0.4) is 0 Å². The lowest BCUT2D eigenvalue weighted by Crippen LogP contribution is -2.38. The number of nitrogens with one attached hydrogen (secondary N) is 1. The Bertz CT molecular complexity index is 442. The maximum Gasteiger partial charge on any atom is 0.304 e. The van der Waals surface area contributed by atoms with E-state index in [9.17, 15) is 13.2 Å². The van der Waals surface area contributed by atoms with Gasteiger partial charge in [-0.3, -0.25) is 9.35 Å². The van der Waals surface area contributed by atoms with Gasteiger partial charge in [-0.25, -0.2) is 0 Å². The van der Waals surface area contributed by atoms with E-state index in [4.69, 9.17) is 9.66 Å². The highest BCUT2D eigenvalue weighted by Crippen LogP contribution is 2.02. The maximum absolute atomic E-state index is 10.9. The Kier molecular flexibility index (Phi) is 12.2. The average molecular weight is 368 g/mol. The van der Waals surface area contributed by atoms with Crippen LogP contribution in [0.15, 0.2) is 0 Å². The zero-order valence-corrected chi connectivity index (χ0v) is 15.9. The summed E-state index contributed by atoms with van der Waals surface area (Å²) in [7, 11) is -2.05. The summed E-state index contributed by atoms with van der Waals surface area (Å²) >= 11 is 0. The fourth-order valence-corrected chi connectivity index (χ4v) is 2.54. The van der Waals surface area contributed by atoms with Gasteiger partial charge in [0, 0.05) is 39.3 Å². The van der Waals surface area contributed by atoms with Crippen LogP contribution in [0.4, 0.5) is 0 Å². The summed E-state index contributed by atoms with van der Waals surface area (Å²) in [5.41, 5.74) is 0. The van der Waals surface area contributed by atoms with Crippen molar-refractivity contribution < 1.29 is 22.9 Å².